The Morgan fingerprint density at radius 3 is 2.38 bits per heavy atom. The Hall–Kier alpha value is -2.10. The molecule has 0 saturated carbocycles. The number of hydrogen-bond acceptors (Lipinski definition) is 4. The van der Waals surface area contributed by atoms with E-state index in [-0.39, 0.29) is 21.2 Å². The maximum Gasteiger partial charge on any atom is 0.433 e. The lowest BCUT2D eigenvalue weighted by molar-refractivity contribution is -0.141. The summed E-state index contributed by atoms with van der Waals surface area (Å²) in [5.74, 6) is -0.984. The minimum atomic E-state index is -4.60. The second-order valence-corrected chi connectivity index (χ2v) is 7.29. The number of hydrogen-bond donors (Lipinski definition) is 1. The Kier molecular flexibility index (Phi) is 5.94. The Morgan fingerprint density at radius 2 is 1.85 bits per heavy atom. The van der Waals surface area contributed by atoms with Crippen LogP contribution in [0.1, 0.15) is 21.6 Å². The second kappa shape index (κ2) is 7.65. The molecule has 2 aromatic rings. The number of aromatic nitrogens is 1. The van der Waals surface area contributed by atoms with E-state index in [1.165, 1.54) is 18.2 Å². The zero-order chi connectivity index (χ0) is 19.5. The molecule has 0 spiro atoms. The van der Waals surface area contributed by atoms with Crippen LogP contribution in [-0.4, -0.2) is 19.3 Å². The largest absolute Gasteiger partial charge is 0.433 e. The molecule has 1 N–H and O–H groups in total. The van der Waals surface area contributed by atoms with Crippen molar-refractivity contribution in [1.29, 1.82) is 0 Å². The van der Waals surface area contributed by atoms with Crippen LogP contribution < -0.4 is 4.72 Å². The lowest BCUT2D eigenvalue weighted by Gasteiger charge is -2.06. The van der Waals surface area contributed by atoms with Crippen molar-refractivity contribution in [3.63, 3.8) is 0 Å². The predicted octanol–water partition coefficient (Wildman–Crippen LogP) is 4.14. The Morgan fingerprint density at radius 1 is 1.15 bits per heavy atom. The van der Waals surface area contributed by atoms with Crippen molar-refractivity contribution >= 4 is 45.2 Å². The van der Waals surface area contributed by atoms with Crippen LogP contribution in [0.25, 0.3) is 6.08 Å². The molecule has 0 bridgehead atoms. The summed E-state index contributed by atoms with van der Waals surface area (Å²) in [5, 5.41) is 0.851. The first kappa shape index (κ1) is 20.2. The molecule has 0 atom stereocenters. The number of pyridine rings is 1. The molecule has 2 rings (SSSR count). The SMILES string of the molecule is O=C(NS(=O)(=O)C=Cc1ccc(C(F)(F)F)nc1)c1ccc(Cl)cc1Cl. The molecule has 138 valence electrons. The van der Waals surface area contributed by atoms with Gasteiger partial charge < -0.3 is 0 Å². The van der Waals surface area contributed by atoms with E-state index in [4.69, 9.17) is 23.2 Å². The molecule has 0 fully saturated rings. The molecule has 1 amide bonds. The molecule has 0 radical (unpaired) electrons. The Balaban J connectivity index is 2.12. The molecule has 11 heteroatoms. The number of nitrogens with one attached hydrogen (secondary N) is 1. The van der Waals surface area contributed by atoms with Gasteiger partial charge >= 0.3 is 6.18 Å². The molecule has 0 aliphatic carbocycles. The average molecular weight is 425 g/mol. The number of benzene rings is 1. The van der Waals surface area contributed by atoms with Gasteiger partial charge in [0.1, 0.15) is 5.69 Å². The predicted molar refractivity (Wildman–Crippen MR) is 91.1 cm³/mol. The summed E-state index contributed by atoms with van der Waals surface area (Å²) in [4.78, 5) is 15.2. The van der Waals surface area contributed by atoms with Crippen LogP contribution in [0, 0.1) is 0 Å². The molecule has 1 aromatic carbocycles. The zero-order valence-corrected chi connectivity index (χ0v) is 14.9. The first-order valence-electron chi connectivity index (χ1n) is 6.71. The average Bonchev–Trinajstić information content (AvgIpc) is 2.52. The van der Waals surface area contributed by atoms with Crippen molar-refractivity contribution < 1.29 is 26.4 Å². The van der Waals surface area contributed by atoms with E-state index in [1.807, 2.05) is 0 Å². The number of amides is 1. The zero-order valence-electron chi connectivity index (χ0n) is 12.6. The Bertz CT molecular complexity index is 959. The van der Waals surface area contributed by atoms with Gasteiger partial charge in [0.05, 0.1) is 16.0 Å². The molecule has 1 aromatic heterocycles. The number of rotatable bonds is 4. The fourth-order valence-corrected chi connectivity index (χ4v) is 3.00. The van der Waals surface area contributed by atoms with E-state index in [1.54, 1.807) is 4.72 Å². The van der Waals surface area contributed by atoms with Gasteiger partial charge in [-0.3, -0.25) is 9.78 Å². The fourth-order valence-electron chi connectivity index (χ4n) is 1.73. The van der Waals surface area contributed by atoms with Crippen LogP contribution in [0.15, 0.2) is 41.9 Å². The minimum absolute atomic E-state index is 0.0406. The van der Waals surface area contributed by atoms with E-state index in [0.29, 0.717) is 11.5 Å². The summed E-state index contributed by atoms with van der Waals surface area (Å²) >= 11 is 11.5. The summed E-state index contributed by atoms with van der Waals surface area (Å²) in [6.45, 7) is 0. The molecule has 0 aliphatic rings. The molecule has 0 saturated heterocycles. The van der Waals surface area contributed by atoms with Gasteiger partial charge in [-0.2, -0.15) is 13.2 Å². The topological polar surface area (TPSA) is 76.1 Å². The first-order valence-corrected chi connectivity index (χ1v) is 9.02. The number of nitrogens with zero attached hydrogens (tertiary/aromatic N) is 1. The van der Waals surface area contributed by atoms with E-state index >= 15 is 0 Å². The van der Waals surface area contributed by atoms with Crippen LogP contribution in [0.4, 0.5) is 13.2 Å². The molecular formula is C15H9Cl2F3N2O3S. The van der Waals surface area contributed by atoms with Gasteiger partial charge in [-0.1, -0.05) is 29.3 Å². The van der Waals surface area contributed by atoms with Crippen molar-refractivity contribution in [3.05, 3.63) is 68.8 Å². The van der Waals surface area contributed by atoms with Crippen molar-refractivity contribution in [2.45, 2.75) is 6.18 Å². The Labute approximate surface area is 156 Å². The van der Waals surface area contributed by atoms with Crippen LogP contribution in [0.2, 0.25) is 10.0 Å². The van der Waals surface area contributed by atoms with Gasteiger partial charge in [0.2, 0.25) is 0 Å². The van der Waals surface area contributed by atoms with Crippen molar-refractivity contribution in [2.75, 3.05) is 0 Å². The highest BCUT2D eigenvalue weighted by molar-refractivity contribution is 7.93. The van der Waals surface area contributed by atoms with E-state index < -0.39 is 27.8 Å². The quantitative estimate of drug-likeness (QED) is 0.799. The summed E-state index contributed by atoms with van der Waals surface area (Å²) in [6, 6.07) is 5.63. The number of carbonyl (C=O) groups is 1. The lowest BCUT2D eigenvalue weighted by Crippen LogP contribution is -2.29. The van der Waals surface area contributed by atoms with Gasteiger partial charge in [0, 0.05) is 11.2 Å². The van der Waals surface area contributed by atoms with E-state index in [0.717, 1.165) is 18.3 Å². The molecular weight excluding hydrogens is 416 g/mol. The van der Waals surface area contributed by atoms with Crippen molar-refractivity contribution in [3.8, 4) is 0 Å². The standard InChI is InChI=1S/C15H9Cl2F3N2O3S/c16-10-2-3-11(12(17)7-10)14(23)22-26(24,25)6-5-9-1-4-13(21-8-9)15(18,19)20/h1-8H,(H,22,23). The maximum absolute atomic E-state index is 12.4. The highest BCUT2D eigenvalue weighted by Gasteiger charge is 2.31. The number of sulfonamides is 1. The molecule has 26 heavy (non-hydrogen) atoms. The van der Waals surface area contributed by atoms with Crippen molar-refractivity contribution in [2.24, 2.45) is 0 Å². The monoisotopic (exact) mass is 424 g/mol. The molecule has 1 heterocycles. The third-order valence-electron chi connectivity index (χ3n) is 2.93. The lowest BCUT2D eigenvalue weighted by atomic mass is 10.2. The highest BCUT2D eigenvalue weighted by atomic mass is 35.5. The third kappa shape index (κ3) is 5.45. The maximum atomic E-state index is 12.4. The number of alkyl halides is 3. The van der Waals surface area contributed by atoms with Crippen molar-refractivity contribution in [1.82, 2.24) is 9.71 Å². The molecule has 0 unspecified atom stereocenters. The van der Waals surface area contributed by atoms with Gasteiger partial charge in [0.25, 0.3) is 15.9 Å². The van der Waals surface area contributed by atoms with Crippen LogP contribution >= 0.6 is 23.2 Å². The molecule has 5 nitrogen and oxygen atoms in total. The number of carbonyl (C=O) groups excluding carboxylic acids is 1. The van der Waals surface area contributed by atoms with Crippen LogP contribution in [-0.2, 0) is 16.2 Å². The van der Waals surface area contributed by atoms with E-state index in [2.05, 4.69) is 4.98 Å². The fraction of sp³-hybridized carbons (Fsp3) is 0.0667. The first-order chi connectivity index (χ1) is 12.0. The smallest absolute Gasteiger partial charge is 0.268 e. The van der Waals surface area contributed by atoms with Gasteiger partial charge in [0.15, 0.2) is 0 Å². The normalized spacial score (nSPS) is 12.3. The summed E-state index contributed by atoms with van der Waals surface area (Å²) in [5.41, 5.74) is -1.12. The summed E-state index contributed by atoms with van der Waals surface area (Å²) < 4.78 is 62.8. The van der Waals surface area contributed by atoms with Gasteiger partial charge in [-0.15, -0.1) is 0 Å². The van der Waals surface area contributed by atoms with Crippen LogP contribution in [0.3, 0.4) is 0 Å². The highest BCUT2D eigenvalue weighted by Crippen LogP contribution is 2.27. The molecule has 0 aliphatic heterocycles. The van der Waals surface area contributed by atoms with Gasteiger partial charge in [-0.05, 0) is 35.9 Å². The number of halogens is 5. The third-order valence-corrected chi connectivity index (χ3v) is 4.44. The second-order valence-electron chi connectivity index (χ2n) is 4.88. The summed E-state index contributed by atoms with van der Waals surface area (Å²) in [7, 11) is -4.21. The van der Waals surface area contributed by atoms with Gasteiger partial charge in [-0.25, -0.2) is 13.1 Å². The minimum Gasteiger partial charge on any atom is -0.268 e. The summed E-state index contributed by atoms with van der Waals surface area (Å²) in [6.07, 6.45) is -2.75. The van der Waals surface area contributed by atoms with E-state index in [9.17, 15) is 26.4 Å². The van der Waals surface area contributed by atoms with Crippen LogP contribution in [0.5, 0.6) is 0 Å².